The highest BCUT2D eigenvalue weighted by Crippen LogP contribution is 2.23. The van der Waals surface area contributed by atoms with Crippen molar-refractivity contribution in [3.8, 4) is 0 Å². The Labute approximate surface area is 176 Å². The first-order valence-electron chi connectivity index (χ1n) is 10.3. The molecule has 0 aliphatic carbocycles. The van der Waals surface area contributed by atoms with Gasteiger partial charge in [0.15, 0.2) is 0 Å². The zero-order valence-electron chi connectivity index (χ0n) is 18.0. The summed E-state index contributed by atoms with van der Waals surface area (Å²) in [7, 11) is 0. The summed E-state index contributed by atoms with van der Waals surface area (Å²) >= 11 is 0. The number of aryl methyl sites for hydroxylation is 4. The van der Waals surface area contributed by atoms with Gasteiger partial charge in [0.05, 0.1) is 24.5 Å². The van der Waals surface area contributed by atoms with Crippen molar-refractivity contribution in [1.29, 1.82) is 0 Å². The highest BCUT2D eigenvalue weighted by atomic mass is 15.3. The zero-order valence-corrected chi connectivity index (χ0v) is 18.0. The first kappa shape index (κ1) is 20.1. The Morgan fingerprint density at radius 1 is 0.800 bits per heavy atom. The van der Waals surface area contributed by atoms with Crippen molar-refractivity contribution in [1.82, 2.24) is 44.4 Å². The number of rotatable bonds is 9. The van der Waals surface area contributed by atoms with Crippen molar-refractivity contribution in [2.24, 2.45) is 0 Å². The van der Waals surface area contributed by atoms with E-state index in [1.165, 1.54) is 11.4 Å². The molecule has 0 atom stereocenters. The van der Waals surface area contributed by atoms with Gasteiger partial charge < -0.3 is 9.97 Å². The van der Waals surface area contributed by atoms with E-state index in [2.05, 4.69) is 70.4 Å². The maximum atomic E-state index is 4.63. The third-order valence-electron chi connectivity index (χ3n) is 5.33. The Bertz CT molecular complexity index is 972. The highest BCUT2D eigenvalue weighted by Gasteiger charge is 2.27. The van der Waals surface area contributed by atoms with E-state index in [-0.39, 0.29) is 6.04 Å². The Hall–Kier alpha value is -3.20. The molecule has 9 nitrogen and oxygen atoms in total. The van der Waals surface area contributed by atoms with E-state index >= 15 is 0 Å². The molecule has 4 heterocycles. The molecule has 0 radical (unpaired) electrons. The quantitative estimate of drug-likeness (QED) is 0.444. The van der Waals surface area contributed by atoms with Gasteiger partial charge in [0.2, 0.25) is 0 Å². The van der Waals surface area contributed by atoms with Crippen molar-refractivity contribution >= 4 is 0 Å². The molecule has 0 amide bonds. The summed E-state index contributed by atoms with van der Waals surface area (Å²) in [6, 6.07) is 4.11. The number of imidazole rings is 2. The molecule has 2 N–H and O–H groups in total. The molecule has 30 heavy (non-hydrogen) atoms. The number of aromatic nitrogens is 8. The van der Waals surface area contributed by atoms with Gasteiger partial charge in [-0.15, -0.1) is 0 Å². The molecule has 0 unspecified atom stereocenters. The number of nitrogens with one attached hydrogen (secondary N) is 2. The van der Waals surface area contributed by atoms with E-state index < -0.39 is 0 Å². The monoisotopic (exact) mass is 407 g/mol. The minimum atomic E-state index is -0.107. The molecule has 0 saturated heterocycles. The van der Waals surface area contributed by atoms with Crippen molar-refractivity contribution < 1.29 is 0 Å². The molecule has 4 aromatic heterocycles. The van der Waals surface area contributed by atoms with Gasteiger partial charge in [-0.05, 0) is 39.8 Å². The minimum absolute atomic E-state index is 0.107. The highest BCUT2D eigenvalue weighted by molar-refractivity contribution is 5.12. The first-order valence-corrected chi connectivity index (χ1v) is 10.3. The molecule has 4 aromatic rings. The van der Waals surface area contributed by atoms with Crippen LogP contribution in [0.15, 0.2) is 36.9 Å². The van der Waals surface area contributed by atoms with Gasteiger partial charge in [-0.25, -0.2) is 9.97 Å². The van der Waals surface area contributed by atoms with Crippen molar-refractivity contribution in [2.45, 2.75) is 46.8 Å². The second-order valence-corrected chi connectivity index (χ2v) is 7.69. The fraction of sp³-hybridized carbons (Fsp3) is 0.429. The van der Waals surface area contributed by atoms with E-state index in [0.29, 0.717) is 0 Å². The Morgan fingerprint density at radius 3 is 1.60 bits per heavy atom. The Kier molecular flexibility index (Phi) is 5.80. The van der Waals surface area contributed by atoms with Crippen LogP contribution in [0.2, 0.25) is 0 Å². The first-order chi connectivity index (χ1) is 14.5. The number of hydrogen-bond acceptors (Lipinski definition) is 5. The summed E-state index contributed by atoms with van der Waals surface area (Å²) in [6.07, 6.45) is 7.27. The van der Waals surface area contributed by atoms with E-state index in [1.54, 1.807) is 12.4 Å². The smallest absolute Gasteiger partial charge is 0.131 e. The van der Waals surface area contributed by atoms with Crippen molar-refractivity contribution in [3.05, 3.63) is 71.3 Å². The van der Waals surface area contributed by atoms with E-state index in [4.69, 9.17) is 0 Å². The summed E-state index contributed by atoms with van der Waals surface area (Å²) < 4.78 is 4.12. The zero-order chi connectivity index (χ0) is 21.1. The lowest BCUT2D eigenvalue weighted by atomic mass is 10.2. The maximum Gasteiger partial charge on any atom is 0.131 e. The largest absolute Gasteiger partial charge is 0.347 e. The molecule has 0 bridgehead atoms. The van der Waals surface area contributed by atoms with Crippen LogP contribution < -0.4 is 0 Å². The summed E-state index contributed by atoms with van der Waals surface area (Å²) in [5, 5.41) is 9.26. The lowest BCUT2D eigenvalue weighted by molar-refractivity contribution is 0.190. The Balaban J connectivity index is 1.60. The Morgan fingerprint density at radius 2 is 1.27 bits per heavy atom. The minimum Gasteiger partial charge on any atom is -0.347 e. The van der Waals surface area contributed by atoms with E-state index in [1.807, 2.05) is 26.2 Å². The summed E-state index contributed by atoms with van der Waals surface area (Å²) in [6.45, 7) is 11.4. The molecule has 0 saturated carbocycles. The van der Waals surface area contributed by atoms with Gasteiger partial charge in [0, 0.05) is 49.3 Å². The molecule has 0 aromatic carbocycles. The molecular weight excluding hydrogens is 378 g/mol. The standard InChI is InChI=1S/C21H29N9/c1-15-13-17(3)29(26-15)11-9-28(10-12-30-18(4)14-16(2)27-30)19(20-22-5-6-23-20)21-24-7-8-25-21/h5-8,13-14,19H,9-12H2,1-4H3,(H,22,23)(H,24,25). The van der Waals surface area contributed by atoms with Crippen LogP contribution in [0.1, 0.15) is 40.5 Å². The van der Waals surface area contributed by atoms with Crippen LogP contribution in [0.25, 0.3) is 0 Å². The van der Waals surface area contributed by atoms with Gasteiger partial charge >= 0.3 is 0 Å². The number of H-pyrrole nitrogens is 2. The van der Waals surface area contributed by atoms with Crippen LogP contribution in [-0.2, 0) is 13.1 Å². The topological polar surface area (TPSA) is 96.2 Å². The lowest BCUT2D eigenvalue weighted by Crippen LogP contribution is -2.37. The summed E-state index contributed by atoms with van der Waals surface area (Å²) in [5.41, 5.74) is 4.41. The molecule has 9 heteroatoms. The third-order valence-corrected chi connectivity index (χ3v) is 5.33. The van der Waals surface area contributed by atoms with Crippen LogP contribution in [-0.4, -0.2) is 57.5 Å². The molecule has 0 spiro atoms. The SMILES string of the molecule is Cc1cc(C)n(CCN(CCn2nc(C)cc2C)C(c2ncc[nH]2)c2ncc[nH]2)n1. The predicted octanol–water partition coefficient (Wildman–Crippen LogP) is 2.55. The van der Waals surface area contributed by atoms with Gasteiger partial charge in [0.25, 0.3) is 0 Å². The molecule has 0 fully saturated rings. The second-order valence-electron chi connectivity index (χ2n) is 7.69. The molecular formula is C21H29N9. The average molecular weight is 408 g/mol. The van der Waals surface area contributed by atoms with Crippen molar-refractivity contribution in [2.75, 3.05) is 13.1 Å². The van der Waals surface area contributed by atoms with Gasteiger partial charge in [0.1, 0.15) is 17.7 Å². The molecule has 4 rings (SSSR count). The van der Waals surface area contributed by atoms with Crippen LogP contribution in [0.3, 0.4) is 0 Å². The van der Waals surface area contributed by atoms with Gasteiger partial charge in [-0.1, -0.05) is 0 Å². The van der Waals surface area contributed by atoms with Gasteiger partial charge in [-0.2, -0.15) is 10.2 Å². The molecule has 158 valence electrons. The average Bonchev–Trinajstić information content (AvgIpc) is 3.48. The normalized spacial score (nSPS) is 11.8. The number of aromatic amines is 2. The molecule has 0 aliphatic rings. The lowest BCUT2D eigenvalue weighted by Gasteiger charge is -2.29. The maximum absolute atomic E-state index is 4.63. The van der Waals surface area contributed by atoms with E-state index in [9.17, 15) is 0 Å². The van der Waals surface area contributed by atoms with Crippen LogP contribution in [0.5, 0.6) is 0 Å². The third kappa shape index (κ3) is 4.35. The summed E-state index contributed by atoms with van der Waals surface area (Å²) in [5.74, 6) is 1.73. The van der Waals surface area contributed by atoms with E-state index in [0.717, 1.165) is 49.2 Å². The fourth-order valence-corrected chi connectivity index (χ4v) is 3.95. The molecule has 0 aliphatic heterocycles. The predicted molar refractivity (Wildman–Crippen MR) is 114 cm³/mol. The van der Waals surface area contributed by atoms with Crippen LogP contribution >= 0.6 is 0 Å². The van der Waals surface area contributed by atoms with Crippen LogP contribution in [0.4, 0.5) is 0 Å². The van der Waals surface area contributed by atoms with Crippen LogP contribution in [0, 0.1) is 27.7 Å². The van der Waals surface area contributed by atoms with Gasteiger partial charge in [-0.3, -0.25) is 14.3 Å². The summed E-state index contributed by atoms with van der Waals surface area (Å²) in [4.78, 5) is 18.0. The fourth-order valence-electron chi connectivity index (χ4n) is 3.95. The second kappa shape index (κ2) is 8.66. The number of nitrogens with zero attached hydrogens (tertiary/aromatic N) is 7. The van der Waals surface area contributed by atoms with Crippen molar-refractivity contribution in [3.63, 3.8) is 0 Å². The number of hydrogen-bond donors (Lipinski definition) is 2.